The van der Waals surface area contributed by atoms with Crippen molar-refractivity contribution in [3.05, 3.63) is 59.5 Å². The Balaban J connectivity index is 1.41. The largest absolute Gasteiger partial charge is 0.496 e. The highest BCUT2D eigenvalue weighted by molar-refractivity contribution is 5.97. The van der Waals surface area contributed by atoms with E-state index in [1.54, 1.807) is 7.11 Å². The zero-order valence-electron chi connectivity index (χ0n) is 16.4. The van der Waals surface area contributed by atoms with Gasteiger partial charge in [-0.2, -0.15) is 4.98 Å². The quantitative estimate of drug-likeness (QED) is 0.671. The summed E-state index contributed by atoms with van der Waals surface area (Å²) in [7, 11) is 1.62. The lowest BCUT2D eigenvalue weighted by molar-refractivity contribution is -0.117. The van der Waals surface area contributed by atoms with E-state index in [2.05, 4.69) is 28.3 Å². The molecule has 1 fully saturated rings. The van der Waals surface area contributed by atoms with Crippen LogP contribution in [0.2, 0.25) is 0 Å². The van der Waals surface area contributed by atoms with Crippen molar-refractivity contribution >= 4 is 11.6 Å². The number of hydrogen-bond acceptors (Lipinski definition) is 5. The van der Waals surface area contributed by atoms with Crippen LogP contribution in [0.15, 0.2) is 47.0 Å². The van der Waals surface area contributed by atoms with E-state index < -0.39 is 0 Å². The molecule has 5 rings (SSSR count). The van der Waals surface area contributed by atoms with Gasteiger partial charge in [-0.05, 0) is 55.0 Å². The molecule has 1 unspecified atom stereocenters. The molecular weight excluding hydrogens is 366 g/mol. The van der Waals surface area contributed by atoms with Crippen LogP contribution in [0.3, 0.4) is 0 Å². The number of hydrogen-bond donors (Lipinski definition) is 0. The fraction of sp³-hybridized carbons (Fsp3) is 0.348. The van der Waals surface area contributed by atoms with Crippen molar-refractivity contribution in [2.75, 3.05) is 18.6 Å². The Morgan fingerprint density at radius 3 is 2.86 bits per heavy atom. The highest BCUT2D eigenvalue weighted by atomic mass is 16.5. The van der Waals surface area contributed by atoms with Crippen LogP contribution < -0.4 is 9.64 Å². The molecule has 1 amide bonds. The summed E-state index contributed by atoms with van der Waals surface area (Å²) in [6.07, 6.45) is 4.93. The number of nitrogens with zero attached hydrogens (tertiary/aromatic N) is 3. The van der Waals surface area contributed by atoms with Gasteiger partial charge in [-0.25, -0.2) is 0 Å². The molecule has 0 N–H and O–H groups in total. The third-order valence-corrected chi connectivity index (χ3v) is 5.93. The number of amides is 1. The summed E-state index contributed by atoms with van der Waals surface area (Å²) >= 11 is 0. The van der Waals surface area contributed by atoms with E-state index in [0.717, 1.165) is 24.1 Å². The minimum absolute atomic E-state index is 0.0992. The predicted octanol–water partition coefficient (Wildman–Crippen LogP) is 4.14. The van der Waals surface area contributed by atoms with Crippen molar-refractivity contribution in [3.63, 3.8) is 0 Å². The fourth-order valence-corrected chi connectivity index (χ4v) is 4.46. The summed E-state index contributed by atoms with van der Waals surface area (Å²) in [6.45, 7) is 0.572. The zero-order valence-corrected chi connectivity index (χ0v) is 16.4. The predicted molar refractivity (Wildman–Crippen MR) is 109 cm³/mol. The molecule has 3 aromatic rings. The van der Waals surface area contributed by atoms with Gasteiger partial charge in [0.2, 0.25) is 17.6 Å². The Morgan fingerprint density at radius 1 is 1.10 bits per heavy atom. The van der Waals surface area contributed by atoms with Gasteiger partial charge in [0.05, 0.1) is 18.6 Å². The third-order valence-electron chi connectivity index (χ3n) is 5.93. The molecule has 1 aliphatic carbocycles. The number of aryl methyl sites for hydroxylation is 1. The number of methoxy groups -OCH3 is 1. The normalized spacial score (nSPS) is 18.7. The third kappa shape index (κ3) is 3.18. The lowest BCUT2D eigenvalue weighted by Crippen LogP contribution is -2.26. The van der Waals surface area contributed by atoms with Crippen LogP contribution >= 0.6 is 0 Å². The summed E-state index contributed by atoms with van der Waals surface area (Å²) in [6, 6.07) is 13.9. The van der Waals surface area contributed by atoms with Crippen molar-refractivity contribution in [2.24, 2.45) is 0 Å². The van der Waals surface area contributed by atoms with Gasteiger partial charge in [0.1, 0.15) is 5.75 Å². The number of aromatic nitrogens is 2. The van der Waals surface area contributed by atoms with Gasteiger partial charge in [0, 0.05) is 18.7 Å². The summed E-state index contributed by atoms with van der Waals surface area (Å²) in [5.74, 6) is 1.70. The molecule has 2 aliphatic rings. The maximum Gasteiger partial charge on any atom is 0.232 e. The van der Waals surface area contributed by atoms with Crippen LogP contribution in [0.1, 0.15) is 42.2 Å². The van der Waals surface area contributed by atoms with Gasteiger partial charge >= 0.3 is 0 Å². The average Bonchev–Trinajstić information content (AvgIpc) is 3.40. The lowest BCUT2D eigenvalue weighted by atomic mass is 9.90. The smallest absolute Gasteiger partial charge is 0.232 e. The first-order chi connectivity index (χ1) is 14.2. The maximum absolute atomic E-state index is 12.8. The van der Waals surface area contributed by atoms with Crippen molar-refractivity contribution < 1.29 is 14.1 Å². The number of carbonyl (C=O) groups is 1. The van der Waals surface area contributed by atoms with Gasteiger partial charge in [-0.1, -0.05) is 29.4 Å². The van der Waals surface area contributed by atoms with E-state index in [0.29, 0.717) is 30.4 Å². The zero-order chi connectivity index (χ0) is 19.8. The van der Waals surface area contributed by atoms with Gasteiger partial charge in [-0.15, -0.1) is 0 Å². The number of rotatable bonds is 4. The van der Waals surface area contributed by atoms with Crippen molar-refractivity contribution in [1.82, 2.24) is 10.1 Å². The topological polar surface area (TPSA) is 68.5 Å². The minimum atomic E-state index is -0.0992. The van der Waals surface area contributed by atoms with Crippen LogP contribution in [-0.2, 0) is 17.6 Å². The number of para-hydroxylation sites is 1. The second-order valence-electron chi connectivity index (χ2n) is 7.68. The summed E-state index contributed by atoms with van der Waals surface area (Å²) in [5.41, 5.74) is 4.54. The maximum atomic E-state index is 12.8. The van der Waals surface area contributed by atoms with Crippen LogP contribution in [0, 0.1) is 0 Å². The first-order valence-electron chi connectivity index (χ1n) is 10.1. The Hall–Kier alpha value is -3.15. The molecule has 0 spiro atoms. The molecule has 1 aliphatic heterocycles. The molecule has 6 heteroatoms. The number of fused-ring (bicyclic) bond motifs is 1. The molecule has 29 heavy (non-hydrogen) atoms. The minimum Gasteiger partial charge on any atom is -0.496 e. The molecule has 2 heterocycles. The first-order valence-corrected chi connectivity index (χ1v) is 10.1. The van der Waals surface area contributed by atoms with Gasteiger partial charge in [0.25, 0.3) is 0 Å². The van der Waals surface area contributed by atoms with E-state index >= 15 is 0 Å². The Kier molecular flexibility index (Phi) is 4.54. The molecule has 6 nitrogen and oxygen atoms in total. The molecule has 1 aromatic heterocycles. The van der Waals surface area contributed by atoms with Crippen LogP contribution in [-0.4, -0.2) is 29.7 Å². The summed E-state index contributed by atoms with van der Waals surface area (Å²) < 4.78 is 10.9. The second kappa shape index (κ2) is 7.35. The van der Waals surface area contributed by atoms with E-state index in [4.69, 9.17) is 9.26 Å². The molecule has 148 valence electrons. The monoisotopic (exact) mass is 389 g/mol. The van der Waals surface area contributed by atoms with E-state index in [1.807, 2.05) is 29.2 Å². The van der Waals surface area contributed by atoms with E-state index in [9.17, 15) is 4.79 Å². The Labute approximate surface area is 169 Å². The molecule has 0 radical (unpaired) electrons. The average molecular weight is 389 g/mol. The summed E-state index contributed by atoms with van der Waals surface area (Å²) in [5, 5.41) is 4.14. The SMILES string of the molecule is COc1ccccc1-c1noc(C2CC(=O)N(c3cccc4c3CCCC4)C2)n1. The van der Waals surface area contributed by atoms with Crippen molar-refractivity contribution in [1.29, 1.82) is 0 Å². The Bertz CT molecular complexity index is 1060. The first kappa shape index (κ1) is 17.9. The van der Waals surface area contributed by atoms with Gasteiger partial charge in [-0.3, -0.25) is 4.79 Å². The molecule has 2 aromatic carbocycles. The lowest BCUT2D eigenvalue weighted by Gasteiger charge is -2.25. The second-order valence-corrected chi connectivity index (χ2v) is 7.68. The number of benzene rings is 2. The van der Waals surface area contributed by atoms with E-state index in [1.165, 1.54) is 24.0 Å². The summed E-state index contributed by atoms with van der Waals surface area (Å²) in [4.78, 5) is 19.3. The van der Waals surface area contributed by atoms with E-state index in [-0.39, 0.29) is 11.8 Å². The fourth-order valence-electron chi connectivity index (χ4n) is 4.46. The molecule has 0 saturated carbocycles. The van der Waals surface area contributed by atoms with Crippen molar-refractivity contribution in [3.8, 4) is 17.1 Å². The highest BCUT2D eigenvalue weighted by Crippen LogP contribution is 2.37. The molecule has 1 saturated heterocycles. The van der Waals surface area contributed by atoms with Crippen LogP contribution in [0.25, 0.3) is 11.4 Å². The molecule has 1 atom stereocenters. The van der Waals surface area contributed by atoms with Gasteiger partial charge in [0.15, 0.2) is 0 Å². The van der Waals surface area contributed by atoms with Gasteiger partial charge < -0.3 is 14.2 Å². The Morgan fingerprint density at radius 2 is 1.97 bits per heavy atom. The number of carbonyl (C=O) groups excluding carboxylic acids is 1. The van der Waals surface area contributed by atoms with Crippen molar-refractivity contribution in [2.45, 2.75) is 38.0 Å². The standard InChI is InChI=1S/C23H23N3O3/c1-28-20-12-5-4-10-18(20)22-24-23(29-25-22)16-13-21(27)26(14-16)19-11-6-8-15-7-2-3-9-17(15)19/h4-6,8,10-12,16H,2-3,7,9,13-14H2,1H3. The highest BCUT2D eigenvalue weighted by Gasteiger charge is 2.36. The number of ether oxygens (including phenoxy) is 1. The molecule has 0 bridgehead atoms. The van der Waals surface area contributed by atoms with Crippen LogP contribution in [0.5, 0.6) is 5.75 Å². The van der Waals surface area contributed by atoms with Crippen LogP contribution in [0.4, 0.5) is 5.69 Å². The number of anilines is 1. The molecular formula is C23H23N3O3.